The quantitative estimate of drug-likeness (QED) is 0.657. The van der Waals surface area contributed by atoms with Gasteiger partial charge >= 0.3 is 0 Å². The molecule has 0 saturated carbocycles. The minimum Gasteiger partial charge on any atom is -0.463 e. The third-order valence-corrected chi connectivity index (χ3v) is 6.26. The molecule has 10 heteroatoms. The van der Waals surface area contributed by atoms with E-state index in [4.69, 9.17) is 4.74 Å². The molecule has 1 atom stereocenters. The Kier molecular flexibility index (Phi) is 3.70. The first kappa shape index (κ1) is 16.9. The summed E-state index contributed by atoms with van der Waals surface area (Å²) in [6.07, 6.45) is 3.38. The summed E-state index contributed by atoms with van der Waals surface area (Å²) in [5, 5.41) is 4.70. The summed E-state index contributed by atoms with van der Waals surface area (Å²) in [6, 6.07) is 0.169. The number of hydrogen-bond donors (Lipinski definition) is 2. The SMILES string of the molecule is Cn1nc(Br)c2[nH]c3nc(OC[C@@]45CCCN4C/C(=C\F)C5)[nH]c(=O)c3c21. The normalized spacial score (nSPS) is 24.5. The zero-order valence-electron chi connectivity index (χ0n) is 14.7. The fourth-order valence-corrected chi connectivity index (χ4v) is 5.02. The molecule has 0 aliphatic carbocycles. The number of rotatable bonds is 3. The number of aryl methyl sites for hydroxylation is 1. The van der Waals surface area contributed by atoms with E-state index in [9.17, 15) is 9.18 Å². The Morgan fingerprint density at radius 3 is 3.11 bits per heavy atom. The highest BCUT2D eigenvalue weighted by atomic mass is 79.9. The first-order chi connectivity index (χ1) is 13.0. The molecular weight excluding hydrogens is 419 g/mol. The van der Waals surface area contributed by atoms with Crippen LogP contribution in [0.25, 0.3) is 22.1 Å². The van der Waals surface area contributed by atoms with Crippen LogP contribution >= 0.6 is 15.9 Å². The van der Waals surface area contributed by atoms with Gasteiger partial charge in [0.1, 0.15) is 23.0 Å². The minimum atomic E-state index is -0.284. The Bertz CT molecular complexity index is 1150. The number of aromatic amines is 2. The van der Waals surface area contributed by atoms with E-state index in [1.165, 1.54) is 0 Å². The zero-order chi connectivity index (χ0) is 18.8. The van der Waals surface area contributed by atoms with E-state index in [1.54, 1.807) is 11.7 Å². The van der Waals surface area contributed by atoms with Crippen molar-refractivity contribution >= 4 is 38.0 Å². The second-order valence-electron chi connectivity index (χ2n) is 7.34. The average Bonchev–Trinajstić information content (AvgIpc) is 3.34. The van der Waals surface area contributed by atoms with Gasteiger partial charge in [-0.15, -0.1) is 0 Å². The van der Waals surface area contributed by atoms with Gasteiger partial charge in [0.05, 0.1) is 11.9 Å². The van der Waals surface area contributed by atoms with Crippen LogP contribution in [0.1, 0.15) is 19.3 Å². The van der Waals surface area contributed by atoms with Gasteiger partial charge in [0, 0.05) is 13.6 Å². The van der Waals surface area contributed by atoms with Crippen LogP contribution in [-0.4, -0.2) is 54.9 Å². The Morgan fingerprint density at radius 2 is 2.30 bits per heavy atom. The molecule has 0 unspecified atom stereocenters. The van der Waals surface area contributed by atoms with Gasteiger partial charge in [-0.1, -0.05) is 0 Å². The Labute approximate surface area is 161 Å². The van der Waals surface area contributed by atoms with Crippen molar-refractivity contribution < 1.29 is 9.13 Å². The molecule has 0 spiro atoms. The Balaban J connectivity index is 1.48. The van der Waals surface area contributed by atoms with Gasteiger partial charge < -0.3 is 9.72 Å². The van der Waals surface area contributed by atoms with Gasteiger partial charge in [-0.25, -0.2) is 4.39 Å². The molecule has 2 fully saturated rings. The summed E-state index contributed by atoms with van der Waals surface area (Å²) in [4.78, 5) is 25.2. The summed E-state index contributed by atoms with van der Waals surface area (Å²) in [5.41, 5.74) is 2.16. The molecule has 0 aromatic carbocycles. The van der Waals surface area contributed by atoms with E-state index in [2.05, 4.69) is 40.9 Å². The smallest absolute Gasteiger partial charge is 0.298 e. The lowest BCUT2D eigenvalue weighted by atomic mass is 9.94. The number of halogens is 2. The van der Waals surface area contributed by atoms with E-state index in [0.717, 1.165) is 30.5 Å². The standard InChI is InChI=1S/C17H18BrFN6O2/c1-24-12-10-14(20-11(12)13(18)23-24)21-16(22-15(10)26)27-8-17-3-2-4-25(17)7-9(5-17)6-19/h6H,2-5,7-8H2,1H3,(H2,20,21,22,26)/b9-6-/t17-/m0/s1. The van der Waals surface area contributed by atoms with E-state index in [1.807, 2.05) is 0 Å². The third-order valence-electron chi connectivity index (χ3n) is 5.71. The molecule has 8 nitrogen and oxygen atoms in total. The van der Waals surface area contributed by atoms with Crippen LogP contribution in [0.15, 0.2) is 21.3 Å². The average molecular weight is 437 g/mol. The fraction of sp³-hybridized carbons (Fsp3) is 0.471. The number of nitrogens with zero attached hydrogens (tertiary/aromatic N) is 4. The topological polar surface area (TPSA) is 91.8 Å². The summed E-state index contributed by atoms with van der Waals surface area (Å²) in [7, 11) is 1.77. The first-order valence-electron chi connectivity index (χ1n) is 8.81. The van der Waals surface area contributed by atoms with E-state index < -0.39 is 0 Å². The van der Waals surface area contributed by atoms with Gasteiger partial charge in [-0.05, 0) is 47.3 Å². The highest BCUT2D eigenvalue weighted by molar-refractivity contribution is 9.10. The van der Waals surface area contributed by atoms with Gasteiger partial charge in [-0.2, -0.15) is 10.1 Å². The second-order valence-corrected chi connectivity index (χ2v) is 8.09. The maximum atomic E-state index is 13.0. The molecule has 142 valence electrons. The van der Waals surface area contributed by atoms with Crippen LogP contribution < -0.4 is 10.3 Å². The molecular formula is C17H18BrFN6O2. The van der Waals surface area contributed by atoms with E-state index in [0.29, 0.717) is 47.1 Å². The number of fused-ring (bicyclic) bond motifs is 4. The lowest BCUT2D eigenvalue weighted by molar-refractivity contribution is 0.107. The van der Waals surface area contributed by atoms with Crippen molar-refractivity contribution in [3.05, 3.63) is 26.9 Å². The summed E-state index contributed by atoms with van der Waals surface area (Å²) >= 11 is 3.38. The molecule has 0 radical (unpaired) electrons. The monoisotopic (exact) mass is 436 g/mol. The molecule has 2 N–H and O–H groups in total. The van der Waals surface area contributed by atoms with Crippen molar-refractivity contribution in [1.82, 2.24) is 29.6 Å². The minimum absolute atomic E-state index is 0.169. The van der Waals surface area contributed by atoms with Crippen LogP contribution in [0.4, 0.5) is 4.39 Å². The van der Waals surface area contributed by atoms with Crippen molar-refractivity contribution in [2.45, 2.75) is 24.8 Å². The maximum absolute atomic E-state index is 13.0. The van der Waals surface area contributed by atoms with Crippen molar-refractivity contribution in [1.29, 1.82) is 0 Å². The van der Waals surface area contributed by atoms with Gasteiger partial charge in [0.15, 0.2) is 10.3 Å². The third kappa shape index (κ3) is 2.46. The molecule has 0 bridgehead atoms. The van der Waals surface area contributed by atoms with Crippen LogP contribution in [0, 0.1) is 0 Å². The molecule has 2 saturated heterocycles. The fourth-order valence-electron chi connectivity index (χ4n) is 4.49. The van der Waals surface area contributed by atoms with Crippen LogP contribution in [0.3, 0.4) is 0 Å². The summed E-state index contributed by atoms with van der Waals surface area (Å²) in [5.74, 6) is 0. The number of aromatic nitrogens is 5. The molecule has 3 aromatic rings. The number of H-pyrrole nitrogens is 2. The van der Waals surface area contributed by atoms with Crippen molar-refractivity contribution in [3.63, 3.8) is 0 Å². The zero-order valence-corrected chi connectivity index (χ0v) is 16.3. The summed E-state index contributed by atoms with van der Waals surface area (Å²) in [6.45, 7) is 1.95. The molecule has 5 heterocycles. The highest BCUT2D eigenvalue weighted by Crippen LogP contribution is 2.41. The van der Waals surface area contributed by atoms with E-state index >= 15 is 0 Å². The van der Waals surface area contributed by atoms with Crippen molar-refractivity contribution in [3.8, 4) is 6.01 Å². The molecule has 2 aliphatic rings. The van der Waals surface area contributed by atoms with Crippen LogP contribution in [0.2, 0.25) is 0 Å². The predicted molar refractivity (Wildman–Crippen MR) is 102 cm³/mol. The van der Waals surface area contributed by atoms with Gasteiger partial charge in [0.25, 0.3) is 11.6 Å². The van der Waals surface area contributed by atoms with Crippen LogP contribution in [-0.2, 0) is 7.05 Å². The molecule has 5 rings (SSSR count). The molecule has 3 aromatic heterocycles. The number of ether oxygens (including phenoxy) is 1. The largest absolute Gasteiger partial charge is 0.463 e. The van der Waals surface area contributed by atoms with Crippen molar-refractivity contribution in [2.75, 3.05) is 19.7 Å². The molecule has 0 amide bonds. The first-order valence-corrected chi connectivity index (χ1v) is 9.60. The Hall–Kier alpha value is -2.20. The van der Waals surface area contributed by atoms with Crippen molar-refractivity contribution in [2.24, 2.45) is 7.05 Å². The number of hydrogen-bond acceptors (Lipinski definition) is 5. The van der Waals surface area contributed by atoms with Gasteiger partial charge in [-0.3, -0.25) is 19.4 Å². The van der Waals surface area contributed by atoms with E-state index in [-0.39, 0.29) is 17.1 Å². The summed E-state index contributed by atoms with van der Waals surface area (Å²) < 4.78 is 21.2. The number of nitrogens with one attached hydrogen (secondary N) is 2. The lowest BCUT2D eigenvalue weighted by Crippen LogP contribution is -2.43. The maximum Gasteiger partial charge on any atom is 0.298 e. The Morgan fingerprint density at radius 1 is 1.44 bits per heavy atom. The van der Waals surface area contributed by atoms with Crippen LogP contribution in [0.5, 0.6) is 6.01 Å². The second kappa shape index (κ2) is 5.90. The molecule has 2 aliphatic heterocycles. The van der Waals surface area contributed by atoms with Gasteiger partial charge in [0.2, 0.25) is 0 Å². The molecule has 27 heavy (non-hydrogen) atoms. The lowest BCUT2D eigenvalue weighted by Gasteiger charge is -2.30. The predicted octanol–water partition coefficient (Wildman–Crippen LogP) is 2.37. The highest BCUT2D eigenvalue weighted by Gasteiger charge is 2.47.